The Morgan fingerprint density at radius 2 is 1.93 bits per heavy atom. The molecule has 0 saturated carbocycles. The summed E-state index contributed by atoms with van der Waals surface area (Å²) in [5.74, 6) is 0. The molecule has 1 saturated heterocycles. The molecule has 1 fully saturated rings. The van der Waals surface area contributed by atoms with Crippen LogP contribution >= 0.6 is 11.6 Å². The number of methoxy groups -OCH3 is 1. The van der Waals surface area contributed by atoms with Crippen LogP contribution in [0.1, 0.15) is 19.3 Å². The molecule has 0 radical (unpaired) electrons. The SMILES string of the molecule is COCCOCCCN1CCC(Cl)CC1. The van der Waals surface area contributed by atoms with Gasteiger partial charge in [0.2, 0.25) is 0 Å². The molecule has 0 aromatic carbocycles. The average molecular weight is 236 g/mol. The van der Waals surface area contributed by atoms with Gasteiger partial charge >= 0.3 is 0 Å². The Morgan fingerprint density at radius 1 is 1.20 bits per heavy atom. The van der Waals surface area contributed by atoms with Gasteiger partial charge in [-0.1, -0.05) is 0 Å². The third-order valence-electron chi connectivity index (χ3n) is 2.71. The van der Waals surface area contributed by atoms with Crippen LogP contribution in [0.4, 0.5) is 0 Å². The Hall–Kier alpha value is 0.170. The molecule has 0 bridgehead atoms. The first-order valence-corrected chi connectivity index (χ1v) is 6.19. The lowest BCUT2D eigenvalue weighted by Gasteiger charge is -2.28. The highest BCUT2D eigenvalue weighted by Crippen LogP contribution is 2.15. The van der Waals surface area contributed by atoms with E-state index >= 15 is 0 Å². The van der Waals surface area contributed by atoms with Crippen molar-refractivity contribution in [2.75, 3.05) is 46.6 Å². The number of ether oxygens (including phenoxy) is 2. The zero-order chi connectivity index (χ0) is 10.9. The van der Waals surface area contributed by atoms with Gasteiger partial charge in [-0.3, -0.25) is 0 Å². The van der Waals surface area contributed by atoms with Crippen LogP contribution in [0.3, 0.4) is 0 Å². The summed E-state index contributed by atoms with van der Waals surface area (Å²) < 4.78 is 10.3. The van der Waals surface area contributed by atoms with E-state index in [1.54, 1.807) is 7.11 Å². The summed E-state index contributed by atoms with van der Waals surface area (Å²) >= 11 is 6.04. The lowest BCUT2D eigenvalue weighted by Crippen LogP contribution is -2.35. The van der Waals surface area contributed by atoms with Crippen molar-refractivity contribution in [3.8, 4) is 0 Å². The third kappa shape index (κ3) is 6.36. The van der Waals surface area contributed by atoms with Crippen LogP contribution < -0.4 is 0 Å². The number of alkyl halides is 1. The zero-order valence-corrected chi connectivity index (χ0v) is 10.3. The largest absolute Gasteiger partial charge is 0.382 e. The summed E-state index contributed by atoms with van der Waals surface area (Å²) in [5.41, 5.74) is 0. The Labute approximate surface area is 97.7 Å². The van der Waals surface area contributed by atoms with E-state index in [2.05, 4.69) is 4.90 Å². The monoisotopic (exact) mass is 235 g/mol. The third-order valence-corrected chi connectivity index (χ3v) is 3.15. The molecule has 0 aromatic rings. The maximum atomic E-state index is 6.04. The minimum atomic E-state index is 0.402. The molecule has 3 nitrogen and oxygen atoms in total. The van der Waals surface area contributed by atoms with Gasteiger partial charge in [-0.15, -0.1) is 11.6 Å². The van der Waals surface area contributed by atoms with Crippen molar-refractivity contribution in [1.29, 1.82) is 0 Å². The number of rotatable bonds is 7. The summed E-state index contributed by atoms with van der Waals surface area (Å²) in [5, 5.41) is 0.402. The summed E-state index contributed by atoms with van der Waals surface area (Å²) in [7, 11) is 1.69. The molecule has 1 rings (SSSR count). The van der Waals surface area contributed by atoms with E-state index < -0.39 is 0 Å². The summed E-state index contributed by atoms with van der Waals surface area (Å²) in [4.78, 5) is 2.47. The Bertz CT molecular complexity index is 150. The molecule has 90 valence electrons. The van der Waals surface area contributed by atoms with Gasteiger partial charge in [0.15, 0.2) is 0 Å². The smallest absolute Gasteiger partial charge is 0.0700 e. The lowest BCUT2D eigenvalue weighted by molar-refractivity contribution is 0.0643. The Kier molecular flexibility index (Phi) is 7.36. The molecule has 0 atom stereocenters. The number of hydrogen-bond donors (Lipinski definition) is 0. The van der Waals surface area contributed by atoms with E-state index in [0.717, 1.165) is 45.5 Å². The predicted molar refractivity (Wildman–Crippen MR) is 62.6 cm³/mol. The molecule has 0 aliphatic carbocycles. The molecule has 1 aliphatic heterocycles. The minimum absolute atomic E-state index is 0.402. The standard InChI is InChI=1S/C11H22ClNO2/c1-14-9-10-15-8-2-5-13-6-3-11(12)4-7-13/h11H,2-10H2,1H3. The first kappa shape index (κ1) is 13.2. The molecule has 0 unspecified atom stereocenters. The molecule has 0 N–H and O–H groups in total. The Morgan fingerprint density at radius 3 is 2.60 bits per heavy atom. The lowest BCUT2D eigenvalue weighted by atomic mass is 10.1. The van der Waals surface area contributed by atoms with Crippen LogP contribution in [0.15, 0.2) is 0 Å². The van der Waals surface area contributed by atoms with Crippen LogP contribution in [-0.4, -0.2) is 56.8 Å². The van der Waals surface area contributed by atoms with E-state index in [1.165, 1.54) is 0 Å². The van der Waals surface area contributed by atoms with Gasteiger partial charge in [-0.05, 0) is 32.4 Å². The highest BCUT2D eigenvalue weighted by Gasteiger charge is 2.15. The van der Waals surface area contributed by atoms with Gasteiger partial charge in [0.25, 0.3) is 0 Å². The maximum absolute atomic E-state index is 6.04. The quantitative estimate of drug-likeness (QED) is 0.496. The normalized spacial score (nSPS) is 19.6. The van der Waals surface area contributed by atoms with Crippen molar-refractivity contribution in [2.24, 2.45) is 0 Å². The molecule has 4 heteroatoms. The van der Waals surface area contributed by atoms with Crippen LogP contribution in [-0.2, 0) is 9.47 Å². The van der Waals surface area contributed by atoms with E-state index in [9.17, 15) is 0 Å². The van der Waals surface area contributed by atoms with Crippen molar-refractivity contribution in [3.05, 3.63) is 0 Å². The molecular formula is C11H22ClNO2. The van der Waals surface area contributed by atoms with E-state index in [4.69, 9.17) is 21.1 Å². The van der Waals surface area contributed by atoms with Crippen molar-refractivity contribution >= 4 is 11.6 Å². The number of likely N-dealkylation sites (tertiary alicyclic amines) is 1. The number of nitrogens with zero attached hydrogens (tertiary/aromatic N) is 1. The van der Waals surface area contributed by atoms with E-state index in [1.807, 2.05) is 0 Å². The molecule has 0 spiro atoms. The highest BCUT2D eigenvalue weighted by atomic mass is 35.5. The molecule has 1 aliphatic rings. The van der Waals surface area contributed by atoms with Gasteiger partial charge in [0.1, 0.15) is 0 Å². The van der Waals surface area contributed by atoms with Crippen LogP contribution in [0.5, 0.6) is 0 Å². The summed E-state index contributed by atoms with van der Waals surface area (Å²) in [6.45, 7) is 5.66. The van der Waals surface area contributed by atoms with Crippen molar-refractivity contribution in [2.45, 2.75) is 24.6 Å². The van der Waals surface area contributed by atoms with Gasteiger partial charge in [-0.25, -0.2) is 0 Å². The van der Waals surface area contributed by atoms with Crippen molar-refractivity contribution in [3.63, 3.8) is 0 Å². The van der Waals surface area contributed by atoms with Gasteiger partial charge in [0, 0.05) is 25.6 Å². The predicted octanol–water partition coefficient (Wildman–Crippen LogP) is 1.74. The summed E-state index contributed by atoms with van der Waals surface area (Å²) in [6, 6.07) is 0. The minimum Gasteiger partial charge on any atom is -0.382 e. The average Bonchev–Trinajstić information content (AvgIpc) is 2.26. The number of piperidine rings is 1. The van der Waals surface area contributed by atoms with Crippen LogP contribution in [0, 0.1) is 0 Å². The molecule has 0 amide bonds. The molecule has 0 aromatic heterocycles. The second-order valence-electron chi connectivity index (χ2n) is 3.97. The zero-order valence-electron chi connectivity index (χ0n) is 9.58. The highest BCUT2D eigenvalue weighted by molar-refractivity contribution is 6.20. The van der Waals surface area contributed by atoms with E-state index in [-0.39, 0.29) is 0 Å². The van der Waals surface area contributed by atoms with Gasteiger partial charge < -0.3 is 14.4 Å². The molecule has 15 heavy (non-hydrogen) atoms. The Balaban J connectivity index is 1.87. The second kappa shape index (κ2) is 8.34. The van der Waals surface area contributed by atoms with Crippen LogP contribution in [0.25, 0.3) is 0 Å². The first-order chi connectivity index (χ1) is 7.33. The molecule has 1 heterocycles. The van der Waals surface area contributed by atoms with Crippen molar-refractivity contribution < 1.29 is 9.47 Å². The van der Waals surface area contributed by atoms with Crippen LogP contribution in [0.2, 0.25) is 0 Å². The van der Waals surface area contributed by atoms with Gasteiger partial charge in [0.05, 0.1) is 13.2 Å². The van der Waals surface area contributed by atoms with E-state index in [0.29, 0.717) is 18.6 Å². The molecular weight excluding hydrogens is 214 g/mol. The second-order valence-corrected chi connectivity index (χ2v) is 4.59. The first-order valence-electron chi connectivity index (χ1n) is 5.76. The number of hydrogen-bond acceptors (Lipinski definition) is 3. The summed E-state index contributed by atoms with van der Waals surface area (Å²) in [6.07, 6.45) is 3.37. The fourth-order valence-corrected chi connectivity index (χ4v) is 1.95. The topological polar surface area (TPSA) is 21.7 Å². The fraction of sp³-hybridized carbons (Fsp3) is 1.00. The van der Waals surface area contributed by atoms with Gasteiger partial charge in [-0.2, -0.15) is 0 Å². The number of halogens is 1. The fourth-order valence-electron chi connectivity index (χ4n) is 1.76. The maximum Gasteiger partial charge on any atom is 0.0700 e. The van der Waals surface area contributed by atoms with Crippen molar-refractivity contribution in [1.82, 2.24) is 4.90 Å².